The Morgan fingerprint density at radius 2 is 2.14 bits per heavy atom. The van der Waals surface area contributed by atoms with Gasteiger partial charge in [0.05, 0.1) is 19.3 Å². The van der Waals surface area contributed by atoms with Gasteiger partial charge in [0.25, 0.3) is 0 Å². The molecule has 3 N–H and O–H groups in total. The van der Waals surface area contributed by atoms with Gasteiger partial charge in [-0.25, -0.2) is 5.43 Å². The quantitative estimate of drug-likeness (QED) is 0.622. The molecule has 0 aliphatic heterocycles. The van der Waals surface area contributed by atoms with Crippen molar-refractivity contribution in [3.8, 4) is 5.75 Å². The summed E-state index contributed by atoms with van der Waals surface area (Å²) < 4.78 is 8.19. The average Bonchev–Trinajstić information content (AvgIpc) is 2.86. The molecular weight excluding hydrogens is 356 g/mol. The van der Waals surface area contributed by atoms with Crippen LogP contribution in [0.25, 0.3) is 0 Å². The van der Waals surface area contributed by atoms with Crippen molar-refractivity contribution in [2.45, 2.75) is 25.9 Å². The fourth-order valence-electron chi connectivity index (χ4n) is 2.25. The first kappa shape index (κ1) is 16.3. The summed E-state index contributed by atoms with van der Waals surface area (Å²) in [4.78, 5) is 0. The molecule has 0 spiro atoms. The summed E-state index contributed by atoms with van der Waals surface area (Å²) in [6, 6.07) is 5.51. The number of hydrazine groups is 1. The van der Waals surface area contributed by atoms with E-state index in [-0.39, 0.29) is 12.1 Å². The molecule has 5 nitrogen and oxygen atoms in total. The van der Waals surface area contributed by atoms with Crippen molar-refractivity contribution < 1.29 is 4.74 Å². The molecule has 2 rings (SSSR count). The Balaban J connectivity index is 2.58. The van der Waals surface area contributed by atoms with Crippen molar-refractivity contribution in [3.05, 3.63) is 45.1 Å². The van der Waals surface area contributed by atoms with E-state index in [9.17, 15) is 0 Å². The number of methoxy groups -OCH3 is 1. The molecule has 1 unspecified atom stereocenters. The minimum atomic E-state index is -0.267. The zero-order valence-electron chi connectivity index (χ0n) is 12.1. The van der Waals surface area contributed by atoms with Gasteiger partial charge in [-0.15, -0.1) is 0 Å². The van der Waals surface area contributed by atoms with Crippen LogP contribution in [0.1, 0.15) is 37.2 Å². The van der Waals surface area contributed by atoms with Gasteiger partial charge in [0.1, 0.15) is 5.69 Å². The van der Waals surface area contributed by atoms with Crippen molar-refractivity contribution in [2.24, 2.45) is 5.84 Å². The van der Waals surface area contributed by atoms with E-state index in [1.165, 1.54) is 0 Å². The van der Waals surface area contributed by atoms with Crippen molar-refractivity contribution in [3.63, 3.8) is 0 Å². The lowest BCUT2D eigenvalue weighted by Crippen LogP contribution is -2.31. The Labute approximate surface area is 137 Å². The van der Waals surface area contributed by atoms with Crippen molar-refractivity contribution >= 4 is 27.5 Å². The van der Waals surface area contributed by atoms with Gasteiger partial charge in [-0.2, -0.15) is 5.10 Å². The van der Waals surface area contributed by atoms with E-state index in [0.717, 1.165) is 15.7 Å². The third-order valence-electron chi connectivity index (χ3n) is 3.22. The molecule has 0 saturated carbocycles. The Kier molecular flexibility index (Phi) is 5.27. The van der Waals surface area contributed by atoms with Gasteiger partial charge >= 0.3 is 0 Å². The number of aromatic nitrogens is 2. The summed E-state index contributed by atoms with van der Waals surface area (Å²) in [5.74, 6) is 6.48. The SMILES string of the molecule is COc1cnn(C(C)C)c1C(NN)c1ccc(Cl)cc1Br. The monoisotopic (exact) mass is 372 g/mol. The molecule has 1 aromatic carbocycles. The largest absolute Gasteiger partial charge is 0.493 e. The maximum atomic E-state index is 6.01. The van der Waals surface area contributed by atoms with Gasteiger partial charge in [0, 0.05) is 15.5 Å². The van der Waals surface area contributed by atoms with Gasteiger partial charge in [-0.05, 0) is 31.5 Å². The fourth-order valence-corrected chi connectivity index (χ4v) is 3.16. The van der Waals surface area contributed by atoms with Gasteiger partial charge in [0.2, 0.25) is 0 Å². The first-order valence-electron chi connectivity index (χ1n) is 6.52. The number of hydrogen-bond acceptors (Lipinski definition) is 4. The van der Waals surface area contributed by atoms with Crippen LogP contribution >= 0.6 is 27.5 Å². The molecule has 1 heterocycles. The number of benzene rings is 1. The number of rotatable bonds is 5. The first-order valence-corrected chi connectivity index (χ1v) is 7.69. The number of nitrogens with one attached hydrogen (secondary N) is 1. The summed E-state index contributed by atoms with van der Waals surface area (Å²) in [5, 5.41) is 5.04. The normalized spacial score (nSPS) is 12.7. The van der Waals surface area contributed by atoms with E-state index < -0.39 is 0 Å². The first-order chi connectivity index (χ1) is 9.99. The Morgan fingerprint density at radius 1 is 1.43 bits per heavy atom. The van der Waals surface area contributed by atoms with Crippen molar-refractivity contribution in [2.75, 3.05) is 7.11 Å². The molecule has 0 aliphatic rings. The fraction of sp³-hybridized carbons (Fsp3) is 0.357. The summed E-state index contributed by atoms with van der Waals surface area (Å²) in [6.45, 7) is 4.11. The second-order valence-electron chi connectivity index (χ2n) is 4.90. The van der Waals surface area contributed by atoms with Crippen molar-refractivity contribution in [1.29, 1.82) is 0 Å². The maximum Gasteiger partial charge on any atom is 0.161 e. The molecule has 2 aromatic rings. The van der Waals surface area contributed by atoms with Crippen LogP contribution in [-0.4, -0.2) is 16.9 Å². The van der Waals surface area contributed by atoms with Crippen LogP contribution in [0.5, 0.6) is 5.75 Å². The van der Waals surface area contributed by atoms with Gasteiger partial charge in [-0.1, -0.05) is 33.6 Å². The molecule has 0 aliphatic carbocycles. The second-order valence-corrected chi connectivity index (χ2v) is 6.19. The summed E-state index contributed by atoms with van der Waals surface area (Å²) in [5.41, 5.74) is 4.67. The molecule has 114 valence electrons. The van der Waals surface area contributed by atoms with Crippen LogP contribution in [-0.2, 0) is 0 Å². The van der Waals surface area contributed by atoms with E-state index >= 15 is 0 Å². The molecule has 0 saturated heterocycles. The Hall–Kier alpha value is -1.08. The number of nitrogens with zero attached hydrogens (tertiary/aromatic N) is 2. The lowest BCUT2D eigenvalue weighted by molar-refractivity contribution is 0.394. The summed E-state index contributed by atoms with van der Waals surface area (Å²) in [7, 11) is 1.62. The third kappa shape index (κ3) is 3.23. The van der Waals surface area contributed by atoms with Gasteiger partial charge in [0.15, 0.2) is 5.75 Å². The predicted molar refractivity (Wildman–Crippen MR) is 87.5 cm³/mol. The van der Waals surface area contributed by atoms with Crippen LogP contribution in [0.3, 0.4) is 0 Å². The molecule has 0 fully saturated rings. The minimum absolute atomic E-state index is 0.186. The lowest BCUT2D eigenvalue weighted by atomic mass is 10.0. The highest BCUT2D eigenvalue weighted by Gasteiger charge is 2.25. The Morgan fingerprint density at radius 3 is 2.67 bits per heavy atom. The number of nitrogens with two attached hydrogens (primary N) is 1. The number of halogens is 2. The lowest BCUT2D eigenvalue weighted by Gasteiger charge is -2.22. The van der Waals surface area contributed by atoms with Crippen LogP contribution in [0.15, 0.2) is 28.9 Å². The third-order valence-corrected chi connectivity index (χ3v) is 4.14. The number of ether oxygens (including phenoxy) is 1. The van der Waals surface area contributed by atoms with E-state index in [4.69, 9.17) is 22.2 Å². The highest BCUT2D eigenvalue weighted by molar-refractivity contribution is 9.10. The zero-order valence-corrected chi connectivity index (χ0v) is 14.4. The maximum absolute atomic E-state index is 6.01. The van der Waals surface area contributed by atoms with Crippen LogP contribution < -0.4 is 16.0 Å². The molecule has 0 amide bonds. The highest BCUT2D eigenvalue weighted by atomic mass is 79.9. The Bertz CT molecular complexity index is 629. The van der Waals surface area contributed by atoms with E-state index in [1.807, 2.05) is 22.9 Å². The molecule has 1 atom stereocenters. The van der Waals surface area contributed by atoms with E-state index in [0.29, 0.717) is 10.8 Å². The van der Waals surface area contributed by atoms with Crippen LogP contribution in [0, 0.1) is 0 Å². The van der Waals surface area contributed by atoms with E-state index in [1.54, 1.807) is 13.3 Å². The van der Waals surface area contributed by atoms with Crippen LogP contribution in [0.2, 0.25) is 5.02 Å². The zero-order chi connectivity index (χ0) is 15.6. The van der Waals surface area contributed by atoms with Gasteiger partial charge < -0.3 is 4.74 Å². The topological polar surface area (TPSA) is 65.1 Å². The summed E-state index contributed by atoms with van der Waals surface area (Å²) >= 11 is 9.54. The molecule has 0 radical (unpaired) electrons. The average molecular weight is 374 g/mol. The molecule has 1 aromatic heterocycles. The standard InChI is InChI=1S/C14H18BrClN4O/c1-8(2)20-14(12(21-3)7-18-20)13(19-17)10-5-4-9(16)6-11(10)15/h4-8,13,19H,17H2,1-3H3. The van der Waals surface area contributed by atoms with Crippen LogP contribution in [0.4, 0.5) is 0 Å². The second kappa shape index (κ2) is 6.79. The highest BCUT2D eigenvalue weighted by Crippen LogP contribution is 2.35. The van der Waals surface area contributed by atoms with Gasteiger partial charge in [-0.3, -0.25) is 10.5 Å². The van der Waals surface area contributed by atoms with Crippen molar-refractivity contribution in [1.82, 2.24) is 15.2 Å². The minimum Gasteiger partial charge on any atom is -0.493 e. The predicted octanol–water partition coefficient (Wildman–Crippen LogP) is 3.44. The molecular formula is C14H18BrClN4O. The number of hydrogen-bond donors (Lipinski definition) is 2. The molecule has 0 bridgehead atoms. The molecule has 21 heavy (non-hydrogen) atoms. The smallest absolute Gasteiger partial charge is 0.161 e. The van der Waals surface area contributed by atoms with E-state index in [2.05, 4.69) is 40.3 Å². The molecule has 7 heteroatoms. The summed E-state index contributed by atoms with van der Waals surface area (Å²) in [6.07, 6.45) is 1.70.